The molecule has 0 spiro atoms. The molecule has 0 bridgehead atoms. The van der Waals surface area contributed by atoms with Gasteiger partial charge in [0.05, 0.1) is 5.41 Å². The predicted molar refractivity (Wildman–Crippen MR) is 102 cm³/mol. The van der Waals surface area contributed by atoms with Gasteiger partial charge in [0, 0.05) is 17.0 Å². The van der Waals surface area contributed by atoms with Gasteiger partial charge in [-0.3, -0.25) is 9.59 Å². The van der Waals surface area contributed by atoms with Crippen molar-refractivity contribution in [1.82, 2.24) is 5.32 Å². The lowest BCUT2D eigenvalue weighted by Crippen LogP contribution is -2.47. The standard InChI is InChI=1S/C21H28ClNO3/c1-20(2)11-4-12-21(20,3)19(25)26-13-18(24)23-17-10-9-16(17)14-5-7-15(22)8-6-14/h5-8,16-17H,4,9-13H2,1-3H3,(H,23,24)/t16-,17-,21-/m0/s1. The fourth-order valence-electron chi connectivity index (χ4n) is 4.20. The molecule has 4 nitrogen and oxygen atoms in total. The van der Waals surface area contributed by atoms with Crippen LogP contribution in [0.15, 0.2) is 24.3 Å². The largest absolute Gasteiger partial charge is 0.455 e. The molecule has 0 radical (unpaired) electrons. The van der Waals surface area contributed by atoms with Gasteiger partial charge in [0.15, 0.2) is 6.61 Å². The van der Waals surface area contributed by atoms with E-state index < -0.39 is 5.41 Å². The third-order valence-corrected chi connectivity index (χ3v) is 6.93. The van der Waals surface area contributed by atoms with Gasteiger partial charge in [0.1, 0.15) is 0 Å². The van der Waals surface area contributed by atoms with Crippen molar-refractivity contribution in [2.24, 2.45) is 10.8 Å². The Labute approximate surface area is 160 Å². The average Bonchev–Trinajstić information content (AvgIpc) is 2.85. The lowest BCUT2D eigenvalue weighted by molar-refractivity contribution is -0.163. The van der Waals surface area contributed by atoms with Crippen molar-refractivity contribution in [3.63, 3.8) is 0 Å². The Bertz CT molecular complexity index is 685. The smallest absolute Gasteiger partial charge is 0.312 e. The van der Waals surface area contributed by atoms with Crippen LogP contribution < -0.4 is 5.32 Å². The molecule has 0 aliphatic heterocycles. The molecule has 1 N–H and O–H groups in total. The number of benzene rings is 1. The van der Waals surface area contributed by atoms with Crippen molar-refractivity contribution in [2.45, 2.75) is 64.8 Å². The first kappa shape index (κ1) is 19.2. The van der Waals surface area contributed by atoms with Crippen LogP contribution >= 0.6 is 11.6 Å². The fourth-order valence-corrected chi connectivity index (χ4v) is 4.32. The second-order valence-electron chi connectivity index (χ2n) is 8.56. The minimum absolute atomic E-state index is 0.0891. The van der Waals surface area contributed by atoms with Crippen molar-refractivity contribution in [2.75, 3.05) is 6.61 Å². The van der Waals surface area contributed by atoms with Crippen LogP contribution in [0.3, 0.4) is 0 Å². The monoisotopic (exact) mass is 377 g/mol. The van der Waals surface area contributed by atoms with E-state index in [0.29, 0.717) is 10.9 Å². The number of ether oxygens (including phenoxy) is 1. The zero-order chi connectivity index (χ0) is 18.9. The van der Waals surface area contributed by atoms with Crippen LogP contribution in [0.5, 0.6) is 0 Å². The Kier molecular flexibility index (Phi) is 5.34. The summed E-state index contributed by atoms with van der Waals surface area (Å²) in [6, 6.07) is 7.86. The van der Waals surface area contributed by atoms with Crippen LogP contribution in [-0.2, 0) is 14.3 Å². The van der Waals surface area contributed by atoms with Crippen LogP contribution in [0.2, 0.25) is 5.02 Å². The maximum atomic E-state index is 12.6. The van der Waals surface area contributed by atoms with Crippen LogP contribution in [-0.4, -0.2) is 24.5 Å². The number of amides is 1. The van der Waals surface area contributed by atoms with Gasteiger partial charge in [-0.05, 0) is 55.7 Å². The van der Waals surface area contributed by atoms with Gasteiger partial charge in [-0.1, -0.05) is 44.0 Å². The molecule has 0 aromatic heterocycles. The molecule has 1 aromatic carbocycles. The minimum atomic E-state index is -0.504. The highest BCUT2D eigenvalue weighted by molar-refractivity contribution is 6.30. The van der Waals surface area contributed by atoms with E-state index in [1.54, 1.807) is 0 Å². The summed E-state index contributed by atoms with van der Waals surface area (Å²) in [6.07, 6.45) is 4.84. The molecule has 2 saturated carbocycles. The summed E-state index contributed by atoms with van der Waals surface area (Å²) in [5, 5.41) is 3.72. The van der Waals surface area contributed by atoms with E-state index in [4.69, 9.17) is 16.3 Å². The molecule has 3 atom stereocenters. The first-order valence-corrected chi connectivity index (χ1v) is 9.83. The number of halogens is 1. The van der Waals surface area contributed by atoms with E-state index in [9.17, 15) is 9.59 Å². The molecule has 0 unspecified atom stereocenters. The van der Waals surface area contributed by atoms with Crippen molar-refractivity contribution in [1.29, 1.82) is 0 Å². The quantitative estimate of drug-likeness (QED) is 0.770. The highest BCUT2D eigenvalue weighted by Gasteiger charge is 2.51. The molecular weight excluding hydrogens is 350 g/mol. The maximum Gasteiger partial charge on any atom is 0.312 e. The first-order valence-electron chi connectivity index (χ1n) is 9.45. The summed E-state index contributed by atoms with van der Waals surface area (Å²) in [5.74, 6) is -0.169. The van der Waals surface area contributed by atoms with Crippen LogP contribution in [0, 0.1) is 10.8 Å². The molecule has 0 saturated heterocycles. The highest BCUT2D eigenvalue weighted by Crippen LogP contribution is 2.53. The predicted octanol–water partition coefficient (Wildman–Crippen LogP) is 4.46. The third kappa shape index (κ3) is 3.62. The highest BCUT2D eigenvalue weighted by atomic mass is 35.5. The summed E-state index contributed by atoms with van der Waals surface area (Å²) < 4.78 is 5.38. The molecule has 5 heteroatoms. The van der Waals surface area contributed by atoms with E-state index in [0.717, 1.165) is 32.1 Å². The number of hydrogen-bond donors (Lipinski definition) is 1. The molecule has 1 amide bonds. The first-order chi connectivity index (χ1) is 12.2. The van der Waals surface area contributed by atoms with Crippen LogP contribution in [0.1, 0.15) is 64.4 Å². The zero-order valence-electron chi connectivity index (χ0n) is 15.8. The fraction of sp³-hybridized carbons (Fsp3) is 0.619. The summed E-state index contributed by atoms with van der Waals surface area (Å²) in [4.78, 5) is 24.8. The number of carbonyl (C=O) groups excluding carboxylic acids is 2. The van der Waals surface area contributed by atoms with Gasteiger partial charge in [-0.2, -0.15) is 0 Å². The lowest BCUT2D eigenvalue weighted by Gasteiger charge is -2.38. The van der Waals surface area contributed by atoms with E-state index in [1.165, 1.54) is 5.56 Å². The Morgan fingerprint density at radius 2 is 1.85 bits per heavy atom. The van der Waals surface area contributed by atoms with E-state index >= 15 is 0 Å². The van der Waals surface area contributed by atoms with Gasteiger partial charge in [-0.25, -0.2) is 0 Å². The molecule has 26 heavy (non-hydrogen) atoms. The Hall–Kier alpha value is -1.55. The number of hydrogen-bond acceptors (Lipinski definition) is 3. The van der Waals surface area contributed by atoms with Crippen molar-refractivity contribution in [3.8, 4) is 0 Å². The summed E-state index contributed by atoms with van der Waals surface area (Å²) >= 11 is 5.94. The number of rotatable bonds is 5. The van der Waals surface area contributed by atoms with Crippen molar-refractivity contribution >= 4 is 23.5 Å². The Morgan fingerprint density at radius 1 is 1.15 bits per heavy atom. The molecular formula is C21H28ClNO3. The second-order valence-corrected chi connectivity index (χ2v) is 8.99. The minimum Gasteiger partial charge on any atom is -0.455 e. The average molecular weight is 378 g/mol. The SMILES string of the molecule is CC1(C)CCC[C@@]1(C)C(=O)OCC(=O)N[C@H]1CC[C@H]1c1ccc(Cl)cc1. The second kappa shape index (κ2) is 7.22. The number of carbonyl (C=O) groups is 2. The topological polar surface area (TPSA) is 55.4 Å². The molecule has 2 fully saturated rings. The molecule has 1 aromatic rings. The van der Waals surface area contributed by atoms with Gasteiger partial charge in [0.2, 0.25) is 0 Å². The van der Waals surface area contributed by atoms with Gasteiger partial charge >= 0.3 is 5.97 Å². The van der Waals surface area contributed by atoms with Crippen molar-refractivity contribution in [3.05, 3.63) is 34.9 Å². The Balaban J connectivity index is 1.50. The van der Waals surface area contributed by atoms with Gasteiger partial charge in [-0.15, -0.1) is 0 Å². The Morgan fingerprint density at radius 3 is 2.38 bits per heavy atom. The zero-order valence-corrected chi connectivity index (χ0v) is 16.6. The molecule has 2 aliphatic rings. The van der Waals surface area contributed by atoms with E-state index in [-0.39, 0.29) is 29.9 Å². The van der Waals surface area contributed by atoms with Crippen LogP contribution in [0.4, 0.5) is 0 Å². The van der Waals surface area contributed by atoms with Gasteiger partial charge in [0.25, 0.3) is 5.91 Å². The summed E-state index contributed by atoms with van der Waals surface area (Å²) in [5.41, 5.74) is 0.590. The summed E-state index contributed by atoms with van der Waals surface area (Å²) in [6.45, 7) is 5.97. The molecule has 142 valence electrons. The summed E-state index contributed by atoms with van der Waals surface area (Å²) in [7, 11) is 0. The van der Waals surface area contributed by atoms with Crippen molar-refractivity contribution < 1.29 is 14.3 Å². The van der Waals surface area contributed by atoms with Crippen LogP contribution in [0.25, 0.3) is 0 Å². The van der Waals surface area contributed by atoms with E-state index in [2.05, 4.69) is 19.2 Å². The van der Waals surface area contributed by atoms with E-state index in [1.807, 2.05) is 31.2 Å². The normalized spacial score (nSPS) is 29.7. The molecule has 3 rings (SSSR count). The van der Waals surface area contributed by atoms with Gasteiger partial charge < -0.3 is 10.1 Å². The number of nitrogens with one attached hydrogen (secondary N) is 1. The third-order valence-electron chi connectivity index (χ3n) is 6.68. The molecule has 0 heterocycles. The lowest BCUT2D eigenvalue weighted by atomic mass is 9.69. The number of esters is 1. The molecule has 2 aliphatic carbocycles. The maximum absolute atomic E-state index is 12.6.